The van der Waals surface area contributed by atoms with Crippen molar-refractivity contribution in [2.75, 3.05) is 6.54 Å². The highest BCUT2D eigenvalue weighted by Crippen LogP contribution is 2.47. The van der Waals surface area contributed by atoms with Crippen molar-refractivity contribution < 1.29 is 9.32 Å². The predicted molar refractivity (Wildman–Crippen MR) is 75.7 cm³/mol. The van der Waals surface area contributed by atoms with E-state index in [1.807, 2.05) is 18.2 Å². The van der Waals surface area contributed by atoms with E-state index >= 15 is 0 Å². The number of benzene rings is 1. The first-order valence-electron chi connectivity index (χ1n) is 6.89. The van der Waals surface area contributed by atoms with Gasteiger partial charge in [-0.1, -0.05) is 35.5 Å². The fourth-order valence-electron chi connectivity index (χ4n) is 2.66. The average Bonchev–Trinajstić information content (AvgIpc) is 3.18. The number of aromatic nitrogens is 1. The van der Waals surface area contributed by atoms with Gasteiger partial charge >= 0.3 is 0 Å². The minimum absolute atomic E-state index is 0.0940. The van der Waals surface area contributed by atoms with Gasteiger partial charge in [0, 0.05) is 12.0 Å². The Morgan fingerprint density at radius 3 is 2.55 bits per heavy atom. The average molecular weight is 270 g/mol. The molecule has 4 heteroatoms. The van der Waals surface area contributed by atoms with E-state index in [1.54, 1.807) is 13.8 Å². The normalized spacial score (nSPS) is 15.9. The molecule has 1 saturated carbocycles. The first-order valence-corrected chi connectivity index (χ1v) is 6.89. The van der Waals surface area contributed by atoms with E-state index in [9.17, 15) is 4.79 Å². The summed E-state index contributed by atoms with van der Waals surface area (Å²) in [5, 5.41) is 6.85. The molecule has 1 aliphatic rings. The monoisotopic (exact) mass is 270 g/mol. The van der Waals surface area contributed by atoms with Gasteiger partial charge in [-0.3, -0.25) is 4.79 Å². The van der Waals surface area contributed by atoms with Gasteiger partial charge in [-0.25, -0.2) is 0 Å². The van der Waals surface area contributed by atoms with Crippen molar-refractivity contribution in [1.82, 2.24) is 10.5 Å². The summed E-state index contributed by atoms with van der Waals surface area (Å²) in [6.07, 6.45) is 2.25. The smallest absolute Gasteiger partial charge is 0.256 e. The highest BCUT2D eigenvalue weighted by atomic mass is 16.5. The molecule has 1 aliphatic carbocycles. The zero-order valence-electron chi connectivity index (χ0n) is 11.8. The molecule has 104 valence electrons. The van der Waals surface area contributed by atoms with E-state index in [2.05, 4.69) is 22.6 Å². The van der Waals surface area contributed by atoms with Crippen LogP contribution in [0.25, 0.3) is 0 Å². The Labute approximate surface area is 118 Å². The molecule has 1 heterocycles. The topological polar surface area (TPSA) is 55.1 Å². The number of amides is 1. The van der Waals surface area contributed by atoms with Crippen molar-refractivity contribution in [3.8, 4) is 0 Å². The molecule has 0 atom stereocenters. The molecule has 3 rings (SSSR count). The Hall–Kier alpha value is -2.10. The second-order valence-corrected chi connectivity index (χ2v) is 5.53. The summed E-state index contributed by atoms with van der Waals surface area (Å²) in [4.78, 5) is 12.2. The number of rotatable bonds is 4. The minimum atomic E-state index is -0.0940. The molecule has 0 saturated heterocycles. The standard InChI is InChI=1S/C16H18N2O2/c1-11-14(12(2)20-18-11)15(19)17-10-16(8-9-16)13-6-4-3-5-7-13/h3-7H,8-10H2,1-2H3,(H,17,19). The first-order chi connectivity index (χ1) is 9.62. The first kappa shape index (κ1) is 12.9. The Morgan fingerprint density at radius 2 is 2.00 bits per heavy atom. The van der Waals surface area contributed by atoms with Crippen LogP contribution in [0.2, 0.25) is 0 Å². The van der Waals surface area contributed by atoms with Crippen LogP contribution < -0.4 is 5.32 Å². The molecule has 0 radical (unpaired) electrons. The lowest BCUT2D eigenvalue weighted by molar-refractivity contribution is 0.0947. The lowest BCUT2D eigenvalue weighted by Crippen LogP contribution is -2.32. The number of hydrogen-bond acceptors (Lipinski definition) is 3. The molecule has 0 bridgehead atoms. The fraction of sp³-hybridized carbons (Fsp3) is 0.375. The quantitative estimate of drug-likeness (QED) is 0.929. The fourth-order valence-corrected chi connectivity index (χ4v) is 2.66. The minimum Gasteiger partial charge on any atom is -0.361 e. The van der Waals surface area contributed by atoms with Crippen LogP contribution in [0.1, 0.15) is 40.2 Å². The number of aryl methyl sites for hydroxylation is 2. The van der Waals surface area contributed by atoms with Crippen LogP contribution in [0.15, 0.2) is 34.9 Å². The zero-order chi connectivity index (χ0) is 14.2. The van der Waals surface area contributed by atoms with Gasteiger partial charge in [0.2, 0.25) is 0 Å². The predicted octanol–water partition coefficient (Wildman–Crippen LogP) is 2.75. The molecule has 1 aromatic heterocycles. The Morgan fingerprint density at radius 1 is 1.30 bits per heavy atom. The van der Waals surface area contributed by atoms with Gasteiger partial charge in [-0.2, -0.15) is 0 Å². The highest BCUT2D eigenvalue weighted by Gasteiger charge is 2.44. The molecule has 1 aromatic carbocycles. The van der Waals surface area contributed by atoms with Crippen LogP contribution in [0.3, 0.4) is 0 Å². The van der Waals surface area contributed by atoms with Crippen molar-refractivity contribution in [2.45, 2.75) is 32.1 Å². The number of nitrogens with zero attached hydrogens (tertiary/aromatic N) is 1. The van der Waals surface area contributed by atoms with Crippen LogP contribution >= 0.6 is 0 Å². The van der Waals surface area contributed by atoms with Crippen LogP contribution in [-0.2, 0) is 5.41 Å². The molecule has 0 unspecified atom stereocenters. The number of hydrogen-bond donors (Lipinski definition) is 1. The third-order valence-corrected chi connectivity index (χ3v) is 4.09. The zero-order valence-corrected chi connectivity index (χ0v) is 11.8. The molecule has 20 heavy (non-hydrogen) atoms. The highest BCUT2D eigenvalue weighted by molar-refractivity contribution is 5.96. The van der Waals surface area contributed by atoms with Gasteiger partial charge < -0.3 is 9.84 Å². The van der Waals surface area contributed by atoms with Crippen molar-refractivity contribution in [3.05, 3.63) is 52.9 Å². The second-order valence-electron chi connectivity index (χ2n) is 5.53. The number of carbonyl (C=O) groups excluding carboxylic acids is 1. The summed E-state index contributed by atoms with van der Waals surface area (Å²) in [5.41, 5.74) is 2.63. The summed E-state index contributed by atoms with van der Waals surface area (Å²) < 4.78 is 5.04. The van der Waals surface area contributed by atoms with E-state index < -0.39 is 0 Å². The van der Waals surface area contributed by atoms with E-state index in [1.165, 1.54) is 5.56 Å². The molecular weight excluding hydrogens is 252 g/mol. The Balaban J connectivity index is 1.70. The second kappa shape index (κ2) is 4.78. The number of nitrogens with one attached hydrogen (secondary N) is 1. The van der Waals surface area contributed by atoms with E-state index in [0.717, 1.165) is 12.8 Å². The van der Waals surface area contributed by atoms with Gasteiger partial charge in [0.05, 0.1) is 5.69 Å². The van der Waals surface area contributed by atoms with Crippen molar-refractivity contribution >= 4 is 5.91 Å². The van der Waals surface area contributed by atoms with Gasteiger partial charge in [0.25, 0.3) is 5.91 Å². The number of carbonyl (C=O) groups is 1. The van der Waals surface area contributed by atoms with Gasteiger partial charge in [-0.15, -0.1) is 0 Å². The van der Waals surface area contributed by atoms with Gasteiger partial charge in [0.15, 0.2) is 0 Å². The van der Waals surface area contributed by atoms with Crippen molar-refractivity contribution in [1.29, 1.82) is 0 Å². The maximum atomic E-state index is 12.2. The van der Waals surface area contributed by atoms with Crippen LogP contribution in [0.5, 0.6) is 0 Å². The molecule has 4 nitrogen and oxygen atoms in total. The van der Waals surface area contributed by atoms with E-state index in [0.29, 0.717) is 23.6 Å². The molecule has 1 amide bonds. The van der Waals surface area contributed by atoms with Crippen LogP contribution in [0, 0.1) is 13.8 Å². The largest absolute Gasteiger partial charge is 0.361 e. The lowest BCUT2D eigenvalue weighted by Gasteiger charge is -2.16. The molecule has 0 aliphatic heterocycles. The Bertz CT molecular complexity index is 608. The maximum Gasteiger partial charge on any atom is 0.256 e. The third kappa shape index (κ3) is 2.22. The summed E-state index contributed by atoms with van der Waals surface area (Å²) >= 11 is 0. The van der Waals surface area contributed by atoms with Crippen LogP contribution in [-0.4, -0.2) is 17.6 Å². The Kier molecular flexibility index (Phi) is 3.08. The van der Waals surface area contributed by atoms with Gasteiger partial charge in [0.1, 0.15) is 11.3 Å². The SMILES string of the molecule is Cc1noc(C)c1C(=O)NCC1(c2ccccc2)CC1. The lowest BCUT2D eigenvalue weighted by atomic mass is 9.96. The molecule has 1 N–H and O–H groups in total. The molecule has 0 spiro atoms. The molecule has 1 fully saturated rings. The van der Waals surface area contributed by atoms with Gasteiger partial charge in [-0.05, 0) is 32.3 Å². The summed E-state index contributed by atoms with van der Waals surface area (Å²) in [6.45, 7) is 4.22. The summed E-state index contributed by atoms with van der Waals surface area (Å²) in [7, 11) is 0. The molecular formula is C16H18N2O2. The summed E-state index contributed by atoms with van der Waals surface area (Å²) in [5.74, 6) is 0.480. The molecule has 2 aromatic rings. The van der Waals surface area contributed by atoms with Crippen molar-refractivity contribution in [2.24, 2.45) is 0 Å². The third-order valence-electron chi connectivity index (χ3n) is 4.09. The van der Waals surface area contributed by atoms with Crippen LogP contribution in [0.4, 0.5) is 0 Å². The van der Waals surface area contributed by atoms with Crippen molar-refractivity contribution in [3.63, 3.8) is 0 Å². The maximum absolute atomic E-state index is 12.2. The summed E-state index contributed by atoms with van der Waals surface area (Å²) in [6, 6.07) is 10.4. The van der Waals surface area contributed by atoms with E-state index in [4.69, 9.17) is 4.52 Å². The van der Waals surface area contributed by atoms with E-state index in [-0.39, 0.29) is 11.3 Å².